The fourth-order valence-electron chi connectivity index (χ4n) is 2.16. The zero-order valence-corrected chi connectivity index (χ0v) is 13.0. The average Bonchev–Trinajstić information content (AvgIpc) is 2.48. The van der Waals surface area contributed by atoms with E-state index in [4.69, 9.17) is 0 Å². The molecule has 0 aliphatic heterocycles. The number of halogens is 2. The molecule has 0 aliphatic carbocycles. The molecular formula is C15H14BrFN2O2. The van der Waals surface area contributed by atoms with Crippen molar-refractivity contribution in [3.8, 4) is 0 Å². The van der Waals surface area contributed by atoms with Gasteiger partial charge in [-0.3, -0.25) is 10.1 Å². The SMILES string of the molecule is CCN(c1cccc(F)c1)c1ccc(CBr)cc1[N+](=O)[O-]. The van der Waals surface area contributed by atoms with Crippen molar-refractivity contribution in [2.24, 2.45) is 0 Å². The maximum Gasteiger partial charge on any atom is 0.293 e. The minimum atomic E-state index is -0.413. The van der Waals surface area contributed by atoms with Gasteiger partial charge in [0, 0.05) is 23.6 Å². The zero-order valence-electron chi connectivity index (χ0n) is 11.4. The van der Waals surface area contributed by atoms with Crippen LogP contribution in [0.25, 0.3) is 0 Å². The summed E-state index contributed by atoms with van der Waals surface area (Å²) in [6, 6.07) is 11.1. The standard InChI is InChI=1S/C15H14BrFN2O2/c1-2-18(13-5-3-4-12(17)9-13)14-7-6-11(10-16)8-15(14)19(20)21/h3-9H,2,10H2,1H3. The van der Waals surface area contributed by atoms with Crippen LogP contribution in [0.1, 0.15) is 12.5 Å². The number of nitrogens with zero attached hydrogens (tertiary/aromatic N) is 2. The molecule has 6 heteroatoms. The summed E-state index contributed by atoms with van der Waals surface area (Å²) >= 11 is 3.29. The Labute approximate surface area is 130 Å². The van der Waals surface area contributed by atoms with Crippen LogP contribution in [0, 0.1) is 15.9 Å². The third-order valence-corrected chi connectivity index (χ3v) is 3.77. The Hall–Kier alpha value is -1.95. The van der Waals surface area contributed by atoms with Crippen molar-refractivity contribution in [1.82, 2.24) is 0 Å². The van der Waals surface area contributed by atoms with Gasteiger partial charge >= 0.3 is 0 Å². The van der Waals surface area contributed by atoms with Crippen LogP contribution in [0.4, 0.5) is 21.5 Å². The Kier molecular flexibility index (Phi) is 4.90. The first-order valence-electron chi connectivity index (χ1n) is 6.43. The summed E-state index contributed by atoms with van der Waals surface area (Å²) in [6.07, 6.45) is 0. The molecule has 0 unspecified atom stereocenters. The highest BCUT2D eigenvalue weighted by atomic mass is 79.9. The summed E-state index contributed by atoms with van der Waals surface area (Å²) in [4.78, 5) is 12.6. The molecule has 0 fully saturated rings. The van der Waals surface area contributed by atoms with Gasteiger partial charge in [-0.2, -0.15) is 0 Å². The van der Waals surface area contributed by atoms with Crippen LogP contribution in [-0.2, 0) is 5.33 Å². The Morgan fingerprint density at radius 3 is 2.62 bits per heavy atom. The predicted molar refractivity (Wildman–Crippen MR) is 84.8 cm³/mol. The normalized spacial score (nSPS) is 10.4. The molecule has 0 spiro atoms. The number of hydrogen-bond acceptors (Lipinski definition) is 3. The molecule has 2 aromatic rings. The molecule has 110 valence electrons. The monoisotopic (exact) mass is 352 g/mol. The number of alkyl halides is 1. The second kappa shape index (κ2) is 6.67. The first kappa shape index (κ1) is 15.4. The second-order valence-corrected chi connectivity index (χ2v) is 5.00. The molecule has 0 aliphatic rings. The fourth-order valence-corrected chi connectivity index (χ4v) is 2.51. The molecule has 0 bridgehead atoms. The molecule has 0 N–H and O–H groups in total. The van der Waals surface area contributed by atoms with Gasteiger partial charge in [-0.1, -0.05) is 28.1 Å². The van der Waals surface area contributed by atoms with E-state index in [1.54, 1.807) is 23.1 Å². The molecule has 0 atom stereocenters. The van der Waals surface area contributed by atoms with Crippen LogP contribution >= 0.6 is 15.9 Å². The van der Waals surface area contributed by atoms with Crippen molar-refractivity contribution in [3.05, 3.63) is 64.0 Å². The van der Waals surface area contributed by atoms with E-state index in [1.165, 1.54) is 18.2 Å². The molecule has 4 nitrogen and oxygen atoms in total. The summed E-state index contributed by atoms with van der Waals surface area (Å²) in [5.41, 5.74) is 1.88. The van der Waals surface area contributed by atoms with Crippen molar-refractivity contribution in [2.45, 2.75) is 12.3 Å². The zero-order chi connectivity index (χ0) is 15.4. The molecule has 0 amide bonds. The third-order valence-electron chi connectivity index (χ3n) is 3.12. The lowest BCUT2D eigenvalue weighted by Gasteiger charge is -2.23. The number of benzene rings is 2. The van der Waals surface area contributed by atoms with Gasteiger partial charge in [0.25, 0.3) is 5.69 Å². The molecule has 0 radical (unpaired) electrons. The van der Waals surface area contributed by atoms with Crippen molar-refractivity contribution in [3.63, 3.8) is 0 Å². The van der Waals surface area contributed by atoms with Gasteiger partial charge in [-0.05, 0) is 36.8 Å². The second-order valence-electron chi connectivity index (χ2n) is 4.44. The minimum Gasteiger partial charge on any atom is -0.336 e. The lowest BCUT2D eigenvalue weighted by molar-refractivity contribution is -0.384. The van der Waals surface area contributed by atoms with Crippen LogP contribution in [0.3, 0.4) is 0 Å². The highest BCUT2D eigenvalue weighted by molar-refractivity contribution is 9.08. The van der Waals surface area contributed by atoms with Crippen LogP contribution in [0.15, 0.2) is 42.5 Å². The van der Waals surface area contributed by atoms with E-state index in [0.29, 0.717) is 23.2 Å². The molecule has 2 aromatic carbocycles. The predicted octanol–water partition coefficient (Wildman–Crippen LogP) is 4.79. The molecule has 21 heavy (non-hydrogen) atoms. The molecular weight excluding hydrogens is 339 g/mol. The number of anilines is 2. The van der Waals surface area contributed by atoms with E-state index in [9.17, 15) is 14.5 Å². The molecule has 0 saturated heterocycles. The Balaban J connectivity index is 2.54. The molecule has 0 aromatic heterocycles. The number of hydrogen-bond donors (Lipinski definition) is 0. The van der Waals surface area contributed by atoms with Gasteiger partial charge in [-0.15, -0.1) is 0 Å². The highest BCUT2D eigenvalue weighted by Gasteiger charge is 2.20. The smallest absolute Gasteiger partial charge is 0.293 e. The lowest BCUT2D eigenvalue weighted by Crippen LogP contribution is -2.17. The van der Waals surface area contributed by atoms with Crippen molar-refractivity contribution in [2.75, 3.05) is 11.4 Å². The van der Waals surface area contributed by atoms with E-state index in [1.807, 2.05) is 13.0 Å². The Morgan fingerprint density at radius 2 is 2.05 bits per heavy atom. The topological polar surface area (TPSA) is 46.4 Å². The number of rotatable bonds is 5. The van der Waals surface area contributed by atoms with Gasteiger partial charge in [-0.25, -0.2) is 4.39 Å². The van der Waals surface area contributed by atoms with Gasteiger partial charge in [0.05, 0.1) is 4.92 Å². The lowest BCUT2D eigenvalue weighted by atomic mass is 10.1. The van der Waals surface area contributed by atoms with Crippen molar-refractivity contribution >= 4 is 33.0 Å². The highest BCUT2D eigenvalue weighted by Crippen LogP contribution is 2.34. The third kappa shape index (κ3) is 3.39. The molecule has 2 rings (SSSR count). The first-order valence-corrected chi connectivity index (χ1v) is 7.55. The molecule has 0 heterocycles. The summed E-state index contributed by atoms with van der Waals surface area (Å²) < 4.78 is 13.4. The number of nitro benzene ring substituents is 1. The quantitative estimate of drug-likeness (QED) is 0.441. The van der Waals surface area contributed by atoms with Gasteiger partial charge in [0.1, 0.15) is 11.5 Å². The van der Waals surface area contributed by atoms with Crippen LogP contribution in [-0.4, -0.2) is 11.5 Å². The average molecular weight is 353 g/mol. The van der Waals surface area contributed by atoms with Crippen molar-refractivity contribution < 1.29 is 9.31 Å². The first-order chi connectivity index (χ1) is 10.1. The maximum absolute atomic E-state index is 13.4. The van der Waals surface area contributed by atoms with Crippen LogP contribution in [0.2, 0.25) is 0 Å². The van der Waals surface area contributed by atoms with Crippen LogP contribution < -0.4 is 4.90 Å². The maximum atomic E-state index is 13.4. The van der Waals surface area contributed by atoms with Gasteiger partial charge in [0.2, 0.25) is 0 Å². The fraction of sp³-hybridized carbons (Fsp3) is 0.200. The van der Waals surface area contributed by atoms with E-state index in [-0.39, 0.29) is 11.5 Å². The van der Waals surface area contributed by atoms with E-state index >= 15 is 0 Å². The minimum absolute atomic E-state index is 0.0121. The number of nitro groups is 1. The van der Waals surface area contributed by atoms with E-state index in [2.05, 4.69) is 15.9 Å². The summed E-state index contributed by atoms with van der Waals surface area (Å²) in [6.45, 7) is 2.37. The van der Waals surface area contributed by atoms with E-state index in [0.717, 1.165) is 5.56 Å². The van der Waals surface area contributed by atoms with Crippen LogP contribution in [0.5, 0.6) is 0 Å². The summed E-state index contributed by atoms with van der Waals surface area (Å²) in [5.74, 6) is -0.370. The van der Waals surface area contributed by atoms with Gasteiger partial charge in [0.15, 0.2) is 0 Å². The molecule has 0 saturated carbocycles. The Bertz CT molecular complexity index is 664. The van der Waals surface area contributed by atoms with Gasteiger partial charge < -0.3 is 4.90 Å². The Morgan fingerprint density at radius 1 is 1.29 bits per heavy atom. The van der Waals surface area contributed by atoms with Crippen molar-refractivity contribution in [1.29, 1.82) is 0 Å². The van der Waals surface area contributed by atoms with E-state index < -0.39 is 4.92 Å². The largest absolute Gasteiger partial charge is 0.336 e. The summed E-state index contributed by atoms with van der Waals surface area (Å²) in [7, 11) is 0. The summed E-state index contributed by atoms with van der Waals surface area (Å²) in [5, 5.41) is 11.8.